The molecule has 1 aliphatic heterocycles. The molecule has 1 aromatic heterocycles. The van der Waals surface area contributed by atoms with Crippen molar-refractivity contribution >= 4 is 5.91 Å². The summed E-state index contributed by atoms with van der Waals surface area (Å²) in [6.45, 7) is 3.56. The van der Waals surface area contributed by atoms with Crippen LogP contribution in [0.5, 0.6) is 0 Å². The Morgan fingerprint density at radius 1 is 1.43 bits per heavy atom. The minimum absolute atomic E-state index is 0.116. The minimum atomic E-state index is -0.296. The molecule has 1 fully saturated rings. The van der Waals surface area contributed by atoms with E-state index in [2.05, 4.69) is 15.7 Å². The van der Waals surface area contributed by atoms with Crippen LogP contribution in [0.25, 0.3) is 5.69 Å². The number of benzene rings is 1. The third-order valence-corrected chi connectivity index (χ3v) is 3.72. The van der Waals surface area contributed by atoms with E-state index >= 15 is 0 Å². The molecule has 1 saturated heterocycles. The van der Waals surface area contributed by atoms with Crippen LogP contribution in [-0.4, -0.2) is 34.8 Å². The summed E-state index contributed by atoms with van der Waals surface area (Å²) in [5, 5.41) is 10.4. The molecule has 0 bridgehead atoms. The molecule has 6 heteroatoms. The van der Waals surface area contributed by atoms with Crippen molar-refractivity contribution in [3.05, 3.63) is 47.5 Å². The summed E-state index contributed by atoms with van der Waals surface area (Å²) in [4.78, 5) is 12.3. The number of nitrogens with zero attached hydrogens (tertiary/aromatic N) is 2. The molecule has 21 heavy (non-hydrogen) atoms. The van der Waals surface area contributed by atoms with Gasteiger partial charge in [-0.15, -0.1) is 0 Å². The number of hydrogen-bond acceptors (Lipinski definition) is 3. The molecule has 0 radical (unpaired) electrons. The van der Waals surface area contributed by atoms with Gasteiger partial charge in [-0.1, -0.05) is 0 Å². The summed E-state index contributed by atoms with van der Waals surface area (Å²) in [5.41, 5.74) is 2.02. The van der Waals surface area contributed by atoms with E-state index in [-0.39, 0.29) is 17.8 Å². The molecule has 0 aliphatic carbocycles. The Kier molecular flexibility index (Phi) is 3.70. The number of halogens is 1. The topological polar surface area (TPSA) is 59.0 Å². The summed E-state index contributed by atoms with van der Waals surface area (Å²) < 4.78 is 14.6. The lowest BCUT2D eigenvalue weighted by molar-refractivity contribution is 0.0939. The van der Waals surface area contributed by atoms with Crippen LogP contribution in [0, 0.1) is 12.7 Å². The lowest BCUT2D eigenvalue weighted by Gasteiger charge is -2.11. The summed E-state index contributed by atoms with van der Waals surface area (Å²) in [6, 6.07) is 6.20. The Balaban J connectivity index is 1.81. The Morgan fingerprint density at radius 3 is 2.86 bits per heavy atom. The van der Waals surface area contributed by atoms with Gasteiger partial charge in [0, 0.05) is 12.6 Å². The van der Waals surface area contributed by atoms with Gasteiger partial charge in [-0.2, -0.15) is 5.10 Å². The molecule has 1 unspecified atom stereocenters. The SMILES string of the molecule is Cc1c(C(=O)NC2CCNC2)cnn1-c1ccc(F)cc1. The van der Waals surface area contributed by atoms with Crippen molar-refractivity contribution in [2.45, 2.75) is 19.4 Å². The molecule has 2 aromatic rings. The molecular weight excluding hydrogens is 271 g/mol. The maximum absolute atomic E-state index is 13.0. The molecule has 1 atom stereocenters. The summed E-state index contributed by atoms with van der Waals surface area (Å²) in [5.74, 6) is -0.412. The van der Waals surface area contributed by atoms with Crippen molar-refractivity contribution in [3.63, 3.8) is 0 Å². The van der Waals surface area contributed by atoms with Crippen LogP contribution in [0.3, 0.4) is 0 Å². The normalized spacial score (nSPS) is 17.9. The average molecular weight is 288 g/mol. The van der Waals surface area contributed by atoms with E-state index in [0.29, 0.717) is 5.56 Å². The predicted molar refractivity (Wildman–Crippen MR) is 77.0 cm³/mol. The molecule has 2 heterocycles. The van der Waals surface area contributed by atoms with Crippen molar-refractivity contribution < 1.29 is 9.18 Å². The van der Waals surface area contributed by atoms with Gasteiger partial charge in [0.2, 0.25) is 0 Å². The molecule has 1 aliphatic rings. The van der Waals surface area contributed by atoms with Gasteiger partial charge in [-0.3, -0.25) is 4.79 Å². The van der Waals surface area contributed by atoms with E-state index in [1.807, 2.05) is 6.92 Å². The molecule has 1 amide bonds. The highest BCUT2D eigenvalue weighted by molar-refractivity contribution is 5.95. The van der Waals surface area contributed by atoms with Crippen LogP contribution in [0.15, 0.2) is 30.5 Å². The fraction of sp³-hybridized carbons (Fsp3) is 0.333. The molecular formula is C15H17FN4O. The fourth-order valence-electron chi connectivity index (χ4n) is 2.52. The second-order valence-electron chi connectivity index (χ2n) is 5.20. The Labute approximate surface area is 122 Å². The Bertz CT molecular complexity index is 644. The van der Waals surface area contributed by atoms with Crippen molar-refractivity contribution in [2.75, 3.05) is 13.1 Å². The molecule has 110 valence electrons. The van der Waals surface area contributed by atoms with Gasteiger partial charge in [-0.05, 0) is 44.2 Å². The first kappa shape index (κ1) is 13.8. The zero-order chi connectivity index (χ0) is 14.8. The van der Waals surface area contributed by atoms with Gasteiger partial charge in [-0.25, -0.2) is 9.07 Å². The van der Waals surface area contributed by atoms with Crippen LogP contribution in [0.1, 0.15) is 22.5 Å². The number of hydrogen-bond donors (Lipinski definition) is 2. The third-order valence-electron chi connectivity index (χ3n) is 3.72. The van der Waals surface area contributed by atoms with Crippen molar-refractivity contribution in [2.24, 2.45) is 0 Å². The highest BCUT2D eigenvalue weighted by atomic mass is 19.1. The summed E-state index contributed by atoms with van der Waals surface area (Å²) >= 11 is 0. The molecule has 5 nitrogen and oxygen atoms in total. The van der Waals surface area contributed by atoms with E-state index in [0.717, 1.165) is 30.9 Å². The second kappa shape index (κ2) is 5.65. The molecule has 0 spiro atoms. The van der Waals surface area contributed by atoms with Gasteiger partial charge in [0.25, 0.3) is 5.91 Å². The van der Waals surface area contributed by atoms with Gasteiger partial charge in [0.05, 0.1) is 23.1 Å². The molecule has 3 rings (SSSR count). The third kappa shape index (κ3) is 2.80. The van der Waals surface area contributed by atoms with E-state index < -0.39 is 0 Å². The van der Waals surface area contributed by atoms with Crippen LogP contribution in [0.4, 0.5) is 4.39 Å². The van der Waals surface area contributed by atoms with Gasteiger partial charge in [0.1, 0.15) is 5.82 Å². The second-order valence-corrected chi connectivity index (χ2v) is 5.20. The van der Waals surface area contributed by atoms with E-state index in [9.17, 15) is 9.18 Å². The quantitative estimate of drug-likeness (QED) is 0.898. The highest BCUT2D eigenvalue weighted by Crippen LogP contribution is 2.15. The molecule has 1 aromatic carbocycles. The predicted octanol–water partition coefficient (Wildman–Crippen LogP) is 1.41. The standard InChI is InChI=1S/C15H17FN4O/c1-10-14(15(21)19-12-6-7-17-8-12)9-18-20(10)13-4-2-11(16)3-5-13/h2-5,9,12,17H,6-8H2,1H3,(H,19,21). The monoisotopic (exact) mass is 288 g/mol. The smallest absolute Gasteiger partial charge is 0.255 e. The number of aromatic nitrogens is 2. The maximum atomic E-state index is 13.0. The zero-order valence-corrected chi connectivity index (χ0v) is 11.8. The first-order valence-corrected chi connectivity index (χ1v) is 6.97. The van der Waals surface area contributed by atoms with Gasteiger partial charge in [0.15, 0.2) is 0 Å². The van der Waals surface area contributed by atoms with Crippen molar-refractivity contribution in [1.29, 1.82) is 0 Å². The van der Waals surface area contributed by atoms with Crippen LogP contribution in [0.2, 0.25) is 0 Å². The van der Waals surface area contributed by atoms with Gasteiger partial charge >= 0.3 is 0 Å². The van der Waals surface area contributed by atoms with Crippen molar-refractivity contribution in [3.8, 4) is 5.69 Å². The minimum Gasteiger partial charge on any atom is -0.348 e. The lowest BCUT2D eigenvalue weighted by atomic mass is 10.2. The maximum Gasteiger partial charge on any atom is 0.255 e. The average Bonchev–Trinajstić information content (AvgIpc) is 3.09. The molecule has 2 N–H and O–H groups in total. The van der Waals surface area contributed by atoms with Crippen LogP contribution < -0.4 is 10.6 Å². The van der Waals surface area contributed by atoms with Gasteiger partial charge < -0.3 is 10.6 Å². The highest BCUT2D eigenvalue weighted by Gasteiger charge is 2.20. The lowest BCUT2D eigenvalue weighted by Crippen LogP contribution is -2.36. The Morgan fingerprint density at radius 2 is 2.19 bits per heavy atom. The van der Waals surface area contributed by atoms with E-state index in [4.69, 9.17) is 0 Å². The number of carbonyl (C=O) groups is 1. The fourth-order valence-corrected chi connectivity index (χ4v) is 2.52. The van der Waals surface area contributed by atoms with Crippen LogP contribution in [-0.2, 0) is 0 Å². The molecule has 0 saturated carbocycles. The largest absolute Gasteiger partial charge is 0.348 e. The summed E-state index contributed by atoms with van der Waals surface area (Å²) in [7, 11) is 0. The number of nitrogens with one attached hydrogen (secondary N) is 2. The number of carbonyl (C=O) groups excluding carboxylic acids is 1. The zero-order valence-electron chi connectivity index (χ0n) is 11.8. The van der Waals surface area contributed by atoms with E-state index in [1.54, 1.807) is 23.0 Å². The van der Waals surface area contributed by atoms with Crippen molar-refractivity contribution in [1.82, 2.24) is 20.4 Å². The first-order valence-electron chi connectivity index (χ1n) is 6.97. The number of amides is 1. The number of rotatable bonds is 3. The van der Waals surface area contributed by atoms with E-state index in [1.165, 1.54) is 12.1 Å². The van der Waals surface area contributed by atoms with Crippen LogP contribution >= 0.6 is 0 Å². The first-order chi connectivity index (χ1) is 10.1. The Hall–Kier alpha value is -2.21. The summed E-state index contributed by atoms with van der Waals surface area (Å²) in [6.07, 6.45) is 2.49.